The molecule has 0 radical (unpaired) electrons. The Morgan fingerprint density at radius 2 is 2.00 bits per heavy atom. The highest BCUT2D eigenvalue weighted by atomic mass is 16.3. The third-order valence-electron chi connectivity index (χ3n) is 2.94. The van der Waals surface area contributed by atoms with Crippen LogP contribution in [0.4, 0.5) is 0 Å². The quantitative estimate of drug-likeness (QED) is 0.776. The Morgan fingerprint density at radius 3 is 2.50 bits per heavy atom. The summed E-state index contributed by atoms with van der Waals surface area (Å²) in [5, 5.41) is 9.17. The first-order valence-corrected chi connectivity index (χ1v) is 5.45. The average Bonchev–Trinajstić information content (AvgIpc) is 3.00. The van der Waals surface area contributed by atoms with Gasteiger partial charge in [-0.25, -0.2) is 0 Å². The predicted molar refractivity (Wildman–Crippen MR) is 58.4 cm³/mol. The van der Waals surface area contributed by atoms with Gasteiger partial charge in [0.1, 0.15) is 0 Å². The third kappa shape index (κ3) is 1.98. The van der Waals surface area contributed by atoms with Crippen LogP contribution in [0.1, 0.15) is 55.2 Å². The molecule has 1 aromatic rings. The van der Waals surface area contributed by atoms with Crippen molar-refractivity contribution in [3.8, 4) is 0 Å². The molecule has 0 saturated heterocycles. The molecule has 1 heteroatoms. The number of hydrogen-bond acceptors (Lipinski definition) is 1. The van der Waals surface area contributed by atoms with Crippen LogP contribution in [0.25, 0.3) is 0 Å². The molecule has 0 unspecified atom stereocenters. The zero-order chi connectivity index (χ0) is 10.1. The topological polar surface area (TPSA) is 20.2 Å². The van der Waals surface area contributed by atoms with E-state index in [2.05, 4.69) is 32.0 Å². The van der Waals surface area contributed by atoms with Gasteiger partial charge in [-0.2, -0.15) is 0 Å². The van der Waals surface area contributed by atoms with Gasteiger partial charge in [-0.05, 0) is 41.4 Å². The lowest BCUT2D eigenvalue weighted by Gasteiger charge is -2.10. The molecule has 0 heterocycles. The number of benzene rings is 1. The lowest BCUT2D eigenvalue weighted by Crippen LogP contribution is -1.94. The smallest absolute Gasteiger partial charge is 0.0682 e. The number of aliphatic hydroxyl groups excluding tert-OH is 1. The molecule has 0 amide bonds. The van der Waals surface area contributed by atoms with Gasteiger partial charge < -0.3 is 5.11 Å². The highest BCUT2D eigenvalue weighted by Crippen LogP contribution is 2.41. The zero-order valence-electron chi connectivity index (χ0n) is 8.96. The van der Waals surface area contributed by atoms with E-state index >= 15 is 0 Å². The summed E-state index contributed by atoms with van der Waals surface area (Å²) >= 11 is 0. The monoisotopic (exact) mass is 190 g/mol. The minimum Gasteiger partial charge on any atom is -0.392 e. The number of hydrogen-bond donors (Lipinski definition) is 1. The molecule has 0 bridgehead atoms. The average molecular weight is 190 g/mol. The molecule has 1 aromatic carbocycles. The van der Waals surface area contributed by atoms with Crippen molar-refractivity contribution in [1.29, 1.82) is 0 Å². The van der Waals surface area contributed by atoms with E-state index in [1.807, 2.05) is 0 Å². The maximum absolute atomic E-state index is 9.17. The van der Waals surface area contributed by atoms with E-state index < -0.39 is 0 Å². The van der Waals surface area contributed by atoms with E-state index in [4.69, 9.17) is 0 Å². The van der Waals surface area contributed by atoms with Crippen LogP contribution < -0.4 is 0 Å². The molecule has 76 valence electrons. The summed E-state index contributed by atoms with van der Waals surface area (Å²) in [7, 11) is 0. The van der Waals surface area contributed by atoms with Crippen LogP contribution in [-0.4, -0.2) is 5.11 Å². The Kier molecular flexibility index (Phi) is 2.60. The Morgan fingerprint density at radius 1 is 1.29 bits per heavy atom. The van der Waals surface area contributed by atoms with Crippen LogP contribution >= 0.6 is 0 Å². The Labute approximate surface area is 85.8 Å². The first kappa shape index (κ1) is 9.72. The summed E-state index contributed by atoms with van der Waals surface area (Å²) in [5.74, 6) is 1.33. The lowest BCUT2D eigenvalue weighted by atomic mass is 9.96. The Balaban J connectivity index is 2.35. The second-order valence-electron chi connectivity index (χ2n) is 4.60. The molecule has 1 nitrogen and oxygen atoms in total. The molecule has 1 aliphatic carbocycles. The fraction of sp³-hybridized carbons (Fsp3) is 0.538. The van der Waals surface area contributed by atoms with Crippen molar-refractivity contribution < 1.29 is 5.11 Å². The van der Waals surface area contributed by atoms with Crippen LogP contribution in [0.5, 0.6) is 0 Å². The number of rotatable bonds is 3. The third-order valence-corrected chi connectivity index (χ3v) is 2.94. The maximum Gasteiger partial charge on any atom is 0.0682 e. The summed E-state index contributed by atoms with van der Waals surface area (Å²) < 4.78 is 0. The van der Waals surface area contributed by atoms with Crippen LogP contribution in [0.3, 0.4) is 0 Å². The van der Waals surface area contributed by atoms with Crippen molar-refractivity contribution in [3.05, 3.63) is 34.9 Å². The molecule has 0 atom stereocenters. The molecule has 1 saturated carbocycles. The Bertz CT molecular complexity index is 304. The molecule has 0 aromatic heterocycles. The van der Waals surface area contributed by atoms with Gasteiger partial charge in [0.15, 0.2) is 0 Å². The summed E-state index contributed by atoms with van der Waals surface area (Å²) in [6, 6.07) is 6.58. The van der Waals surface area contributed by atoms with Gasteiger partial charge in [0, 0.05) is 0 Å². The second kappa shape index (κ2) is 3.74. The molecular formula is C13H18O. The van der Waals surface area contributed by atoms with Crippen LogP contribution in [0.15, 0.2) is 18.2 Å². The van der Waals surface area contributed by atoms with Crippen LogP contribution in [0.2, 0.25) is 0 Å². The lowest BCUT2D eigenvalue weighted by molar-refractivity contribution is 0.281. The van der Waals surface area contributed by atoms with Crippen molar-refractivity contribution in [2.45, 2.75) is 45.1 Å². The van der Waals surface area contributed by atoms with Crippen molar-refractivity contribution in [3.63, 3.8) is 0 Å². The van der Waals surface area contributed by atoms with Crippen LogP contribution in [0, 0.1) is 0 Å². The van der Waals surface area contributed by atoms with Crippen molar-refractivity contribution >= 4 is 0 Å². The van der Waals surface area contributed by atoms with Crippen molar-refractivity contribution in [2.75, 3.05) is 0 Å². The van der Waals surface area contributed by atoms with E-state index in [0.29, 0.717) is 5.92 Å². The second-order valence-corrected chi connectivity index (χ2v) is 4.60. The van der Waals surface area contributed by atoms with E-state index in [1.165, 1.54) is 24.0 Å². The fourth-order valence-corrected chi connectivity index (χ4v) is 1.82. The molecule has 14 heavy (non-hydrogen) atoms. The molecule has 2 rings (SSSR count). The van der Waals surface area contributed by atoms with Crippen molar-refractivity contribution in [2.24, 2.45) is 0 Å². The largest absolute Gasteiger partial charge is 0.392 e. The SMILES string of the molecule is CC(C)c1cc(CO)cc(C2CC2)c1. The number of aliphatic hydroxyl groups is 1. The van der Waals surface area contributed by atoms with Gasteiger partial charge in [-0.1, -0.05) is 32.0 Å². The summed E-state index contributed by atoms with van der Waals surface area (Å²) in [6.07, 6.45) is 2.65. The van der Waals surface area contributed by atoms with Gasteiger partial charge in [0.05, 0.1) is 6.61 Å². The van der Waals surface area contributed by atoms with E-state index in [1.54, 1.807) is 0 Å². The first-order chi connectivity index (χ1) is 6.70. The molecule has 1 N–H and O–H groups in total. The molecular weight excluding hydrogens is 172 g/mol. The highest BCUT2D eigenvalue weighted by molar-refractivity contribution is 5.35. The first-order valence-electron chi connectivity index (χ1n) is 5.45. The van der Waals surface area contributed by atoms with Gasteiger partial charge in [0.2, 0.25) is 0 Å². The fourth-order valence-electron chi connectivity index (χ4n) is 1.82. The summed E-state index contributed by atoms with van der Waals surface area (Å²) in [6.45, 7) is 4.57. The summed E-state index contributed by atoms with van der Waals surface area (Å²) in [5.41, 5.74) is 3.86. The molecule has 1 fully saturated rings. The molecule has 0 aliphatic heterocycles. The predicted octanol–water partition coefficient (Wildman–Crippen LogP) is 3.18. The van der Waals surface area contributed by atoms with Crippen molar-refractivity contribution in [1.82, 2.24) is 0 Å². The van der Waals surface area contributed by atoms with Gasteiger partial charge in [-0.3, -0.25) is 0 Å². The minimum absolute atomic E-state index is 0.167. The standard InChI is InChI=1S/C13H18O/c1-9(2)12-5-10(8-14)6-13(7-12)11-3-4-11/h5-7,9,11,14H,3-4,8H2,1-2H3. The van der Waals surface area contributed by atoms with Gasteiger partial charge in [-0.15, -0.1) is 0 Å². The van der Waals surface area contributed by atoms with Gasteiger partial charge >= 0.3 is 0 Å². The van der Waals surface area contributed by atoms with E-state index in [9.17, 15) is 5.11 Å². The minimum atomic E-state index is 0.167. The maximum atomic E-state index is 9.17. The van der Waals surface area contributed by atoms with E-state index in [-0.39, 0.29) is 6.61 Å². The Hall–Kier alpha value is -0.820. The highest BCUT2D eigenvalue weighted by Gasteiger charge is 2.24. The summed E-state index contributed by atoms with van der Waals surface area (Å²) in [4.78, 5) is 0. The molecule has 1 aliphatic rings. The molecule has 0 spiro atoms. The van der Waals surface area contributed by atoms with E-state index in [0.717, 1.165) is 11.5 Å². The van der Waals surface area contributed by atoms with Gasteiger partial charge in [0.25, 0.3) is 0 Å². The zero-order valence-corrected chi connectivity index (χ0v) is 8.96. The van der Waals surface area contributed by atoms with Crippen LogP contribution in [-0.2, 0) is 6.61 Å². The normalized spacial score (nSPS) is 16.3.